The van der Waals surface area contributed by atoms with Gasteiger partial charge < -0.3 is 10.1 Å². The molecule has 2 aromatic carbocycles. The highest BCUT2D eigenvalue weighted by Crippen LogP contribution is 2.37. The highest BCUT2D eigenvalue weighted by atomic mass is 19.1. The van der Waals surface area contributed by atoms with Crippen molar-refractivity contribution in [1.29, 1.82) is 0 Å². The second-order valence-corrected chi connectivity index (χ2v) is 6.12. The number of rotatable bonds is 5. The number of para-hydroxylation sites is 2. The van der Waals surface area contributed by atoms with Crippen molar-refractivity contribution in [3.8, 4) is 11.6 Å². The standard InChI is InChI=1S/C20H14FN5O3/c1-12-9-10-13-5-4-8-16(17(13)24-12)29-20-18(26(27)28)19(22-11-23-20)25-15-7-3-2-6-14(15)21/h2-11H,1H3,(H,22,23,25). The summed E-state index contributed by atoms with van der Waals surface area (Å²) in [6.07, 6.45) is 1.11. The number of nitrogens with one attached hydrogen (secondary N) is 1. The Kier molecular flexibility index (Phi) is 4.70. The van der Waals surface area contributed by atoms with Crippen molar-refractivity contribution in [2.45, 2.75) is 6.92 Å². The van der Waals surface area contributed by atoms with Gasteiger partial charge >= 0.3 is 11.6 Å². The summed E-state index contributed by atoms with van der Waals surface area (Å²) < 4.78 is 19.7. The monoisotopic (exact) mass is 391 g/mol. The Hall–Kier alpha value is -4.14. The minimum atomic E-state index is -0.678. The lowest BCUT2D eigenvalue weighted by Gasteiger charge is -2.11. The van der Waals surface area contributed by atoms with E-state index in [1.54, 1.807) is 18.2 Å². The maximum absolute atomic E-state index is 14.0. The molecular weight excluding hydrogens is 377 g/mol. The van der Waals surface area contributed by atoms with Gasteiger partial charge in [0.15, 0.2) is 5.75 Å². The van der Waals surface area contributed by atoms with Crippen LogP contribution in [0.2, 0.25) is 0 Å². The quantitative estimate of drug-likeness (QED) is 0.380. The number of hydrogen-bond acceptors (Lipinski definition) is 7. The molecule has 0 saturated carbocycles. The maximum Gasteiger partial charge on any atom is 0.373 e. The first-order valence-corrected chi connectivity index (χ1v) is 8.58. The van der Waals surface area contributed by atoms with Crippen molar-refractivity contribution < 1.29 is 14.1 Å². The van der Waals surface area contributed by atoms with Crippen molar-refractivity contribution >= 4 is 28.1 Å². The van der Waals surface area contributed by atoms with E-state index in [9.17, 15) is 14.5 Å². The number of aryl methyl sites for hydroxylation is 1. The van der Waals surface area contributed by atoms with Gasteiger partial charge in [-0.3, -0.25) is 10.1 Å². The fraction of sp³-hybridized carbons (Fsp3) is 0.0500. The summed E-state index contributed by atoms with van der Waals surface area (Å²) >= 11 is 0. The molecule has 4 rings (SSSR count). The van der Waals surface area contributed by atoms with Crippen LogP contribution in [-0.2, 0) is 0 Å². The van der Waals surface area contributed by atoms with Crippen LogP contribution in [0.4, 0.5) is 21.6 Å². The number of nitrogens with zero attached hydrogens (tertiary/aromatic N) is 4. The number of ether oxygens (including phenoxy) is 1. The van der Waals surface area contributed by atoms with Gasteiger partial charge in [0.2, 0.25) is 5.82 Å². The molecule has 144 valence electrons. The number of pyridine rings is 1. The number of fused-ring (bicyclic) bond motifs is 1. The van der Waals surface area contributed by atoms with Crippen molar-refractivity contribution in [3.63, 3.8) is 0 Å². The van der Waals surface area contributed by atoms with E-state index >= 15 is 0 Å². The predicted octanol–water partition coefficient (Wildman–Crippen LogP) is 4.92. The number of halogens is 1. The molecular formula is C20H14FN5O3. The Bertz CT molecular complexity index is 1230. The summed E-state index contributed by atoms with van der Waals surface area (Å²) in [5, 5.41) is 15.2. The summed E-state index contributed by atoms with van der Waals surface area (Å²) in [5.41, 5.74) is 0.847. The van der Waals surface area contributed by atoms with Gasteiger partial charge in [0, 0.05) is 11.1 Å². The predicted molar refractivity (Wildman–Crippen MR) is 105 cm³/mol. The Morgan fingerprint density at radius 3 is 2.69 bits per heavy atom. The molecule has 2 aromatic heterocycles. The summed E-state index contributed by atoms with van der Waals surface area (Å²) in [6.45, 7) is 1.83. The second kappa shape index (κ2) is 7.47. The smallest absolute Gasteiger partial charge is 0.373 e. The van der Waals surface area contributed by atoms with Gasteiger partial charge in [-0.15, -0.1) is 0 Å². The number of benzene rings is 2. The lowest BCUT2D eigenvalue weighted by atomic mass is 10.2. The Balaban J connectivity index is 1.78. The number of anilines is 2. The van der Waals surface area contributed by atoms with Crippen LogP contribution in [0.3, 0.4) is 0 Å². The number of aromatic nitrogens is 3. The van der Waals surface area contributed by atoms with Gasteiger partial charge in [0.05, 0.1) is 10.6 Å². The second-order valence-electron chi connectivity index (χ2n) is 6.12. The van der Waals surface area contributed by atoms with E-state index in [4.69, 9.17) is 4.74 Å². The molecule has 4 aromatic rings. The third kappa shape index (κ3) is 3.65. The summed E-state index contributed by atoms with van der Waals surface area (Å²) in [7, 11) is 0. The zero-order valence-electron chi connectivity index (χ0n) is 15.2. The van der Waals surface area contributed by atoms with E-state index < -0.39 is 16.4 Å². The van der Waals surface area contributed by atoms with Crippen LogP contribution in [0.1, 0.15) is 5.69 Å². The molecule has 0 unspecified atom stereocenters. The first kappa shape index (κ1) is 18.2. The lowest BCUT2D eigenvalue weighted by molar-refractivity contribution is -0.385. The molecule has 0 amide bonds. The van der Waals surface area contributed by atoms with Crippen molar-refractivity contribution in [2.24, 2.45) is 0 Å². The molecule has 0 aliphatic heterocycles. The molecule has 1 N–H and O–H groups in total. The minimum absolute atomic E-state index is 0.0442. The molecule has 0 aliphatic rings. The zero-order chi connectivity index (χ0) is 20.4. The molecule has 0 spiro atoms. The normalized spacial score (nSPS) is 10.7. The fourth-order valence-corrected chi connectivity index (χ4v) is 2.79. The molecule has 8 nitrogen and oxygen atoms in total. The molecule has 0 fully saturated rings. The maximum atomic E-state index is 14.0. The van der Waals surface area contributed by atoms with E-state index in [-0.39, 0.29) is 17.4 Å². The van der Waals surface area contributed by atoms with E-state index in [0.717, 1.165) is 17.4 Å². The molecule has 0 bridgehead atoms. The number of hydrogen-bond donors (Lipinski definition) is 1. The van der Waals surface area contributed by atoms with Gasteiger partial charge in [-0.1, -0.05) is 30.3 Å². The third-order valence-corrected chi connectivity index (χ3v) is 4.13. The first-order valence-electron chi connectivity index (χ1n) is 8.58. The third-order valence-electron chi connectivity index (χ3n) is 4.13. The van der Waals surface area contributed by atoms with E-state index in [1.807, 2.05) is 25.1 Å². The topological polar surface area (TPSA) is 103 Å². The van der Waals surface area contributed by atoms with Crippen molar-refractivity contribution in [3.05, 3.63) is 82.6 Å². The highest BCUT2D eigenvalue weighted by Gasteiger charge is 2.26. The first-order chi connectivity index (χ1) is 14.0. The summed E-state index contributed by atoms with van der Waals surface area (Å²) in [6, 6.07) is 14.8. The minimum Gasteiger partial charge on any atom is -0.431 e. The van der Waals surface area contributed by atoms with Gasteiger partial charge in [-0.25, -0.2) is 14.4 Å². The van der Waals surface area contributed by atoms with E-state index in [0.29, 0.717) is 11.3 Å². The van der Waals surface area contributed by atoms with Crippen LogP contribution >= 0.6 is 0 Å². The van der Waals surface area contributed by atoms with Crippen LogP contribution < -0.4 is 10.1 Å². The molecule has 0 atom stereocenters. The van der Waals surface area contributed by atoms with Gasteiger partial charge in [-0.05, 0) is 31.2 Å². The summed E-state index contributed by atoms with van der Waals surface area (Å²) in [5.74, 6) is -0.726. The lowest BCUT2D eigenvalue weighted by Crippen LogP contribution is -2.04. The van der Waals surface area contributed by atoms with Crippen molar-refractivity contribution in [1.82, 2.24) is 15.0 Å². The average molecular weight is 391 g/mol. The Morgan fingerprint density at radius 2 is 1.90 bits per heavy atom. The number of nitro groups is 1. The molecule has 0 aliphatic carbocycles. The molecule has 29 heavy (non-hydrogen) atoms. The van der Waals surface area contributed by atoms with Crippen LogP contribution in [0.25, 0.3) is 10.9 Å². The SMILES string of the molecule is Cc1ccc2cccc(Oc3ncnc(Nc4ccccc4F)c3[N+](=O)[O-])c2n1. The van der Waals surface area contributed by atoms with E-state index in [1.165, 1.54) is 18.2 Å². The largest absolute Gasteiger partial charge is 0.431 e. The van der Waals surface area contributed by atoms with Gasteiger partial charge in [0.25, 0.3) is 0 Å². The van der Waals surface area contributed by atoms with Crippen LogP contribution in [0.15, 0.2) is 60.9 Å². The molecule has 0 saturated heterocycles. The molecule has 2 heterocycles. The van der Waals surface area contributed by atoms with Crippen LogP contribution in [0.5, 0.6) is 11.6 Å². The highest BCUT2D eigenvalue weighted by molar-refractivity contribution is 5.85. The Labute approximate surface area is 164 Å². The summed E-state index contributed by atoms with van der Waals surface area (Å²) in [4.78, 5) is 23.3. The zero-order valence-corrected chi connectivity index (χ0v) is 15.2. The van der Waals surface area contributed by atoms with Gasteiger partial charge in [0.1, 0.15) is 17.7 Å². The molecule has 0 radical (unpaired) electrons. The van der Waals surface area contributed by atoms with E-state index in [2.05, 4.69) is 20.3 Å². The van der Waals surface area contributed by atoms with Gasteiger partial charge in [-0.2, -0.15) is 4.98 Å². The average Bonchev–Trinajstić information content (AvgIpc) is 2.70. The van der Waals surface area contributed by atoms with Crippen LogP contribution in [-0.4, -0.2) is 19.9 Å². The van der Waals surface area contributed by atoms with Crippen molar-refractivity contribution in [2.75, 3.05) is 5.32 Å². The fourth-order valence-electron chi connectivity index (χ4n) is 2.79. The molecule has 9 heteroatoms. The van der Waals surface area contributed by atoms with Crippen LogP contribution in [0, 0.1) is 22.9 Å². The Morgan fingerprint density at radius 1 is 1.07 bits per heavy atom.